The van der Waals surface area contributed by atoms with Crippen LogP contribution in [0.5, 0.6) is 0 Å². The van der Waals surface area contributed by atoms with Crippen molar-refractivity contribution in [1.82, 2.24) is 19.8 Å². The molecule has 8 heteroatoms. The number of rotatable bonds is 4. The van der Waals surface area contributed by atoms with Gasteiger partial charge in [-0.1, -0.05) is 11.6 Å². The van der Waals surface area contributed by atoms with E-state index in [1.165, 1.54) is 0 Å². The molecule has 5 nitrogen and oxygen atoms in total. The van der Waals surface area contributed by atoms with Gasteiger partial charge < -0.3 is 14.8 Å². The van der Waals surface area contributed by atoms with Crippen molar-refractivity contribution in [2.75, 3.05) is 19.6 Å². The quantitative estimate of drug-likeness (QED) is 0.894. The Labute approximate surface area is 151 Å². The molecule has 3 rings (SSSR count). The molecular formula is C15H20Cl2N4OS. The molecule has 0 spiro atoms. The summed E-state index contributed by atoms with van der Waals surface area (Å²) in [5.41, 5.74) is 0. The molecule has 1 saturated heterocycles. The van der Waals surface area contributed by atoms with Gasteiger partial charge in [-0.3, -0.25) is 4.79 Å². The number of nitrogens with one attached hydrogen (secondary N) is 1. The number of halogens is 2. The van der Waals surface area contributed by atoms with Crippen LogP contribution in [0, 0.1) is 0 Å². The van der Waals surface area contributed by atoms with E-state index in [0.29, 0.717) is 6.42 Å². The van der Waals surface area contributed by atoms with Gasteiger partial charge in [0, 0.05) is 50.4 Å². The van der Waals surface area contributed by atoms with E-state index in [1.807, 2.05) is 34.8 Å². The lowest BCUT2D eigenvalue weighted by Crippen LogP contribution is -2.49. The SMILES string of the molecule is Cl.Cn1ccnc1C1CNCCN1C(=O)CCc1ccc(Cl)s1. The maximum absolute atomic E-state index is 12.6. The molecule has 0 aromatic carbocycles. The largest absolute Gasteiger partial charge is 0.336 e. The second-order valence-corrected chi connectivity index (χ2v) is 7.21. The van der Waals surface area contributed by atoms with Crippen molar-refractivity contribution < 1.29 is 4.79 Å². The van der Waals surface area contributed by atoms with E-state index in [-0.39, 0.29) is 24.4 Å². The van der Waals surface area contributed by atoms with E-state index in [4.69, 9.17) is 11.6 Å². The summed E-state index contributed by atoms with van der Waals surface area (Å²) in [5, 5.41) is 3.35. The molecule has 0 bridgehead atoms. The Kier molecular flexibility index (Phi) is 6.47. The summed E-state index contributed by atoms with van der Waals surface area (Å²) in [7, 11) is 1.97. The summed E-state index contributed by atoms with van der Waals surface area (Å²) in [5.74, 6) is 1.11. The molecule has 1 aliphatic rings. The van der Waals surface area contributed by atoms with Crippen molar-refractivity contribution in [3.63, 3.8) is 0 Å². The molecule has 1 atom stereocenters. The number of nitrogens with zero attached hydrogens (tertiary/aromatic N) is 3. The van der Waals surface area contributed by atoms with Gasteiger partial charge in [0.15, 0.2) is 0 Å². The van der Waals surface area contributed by atoms with E-state index in [2.05, 4.69) is 10.3 Å². The summed E-state index contributed by atoms with van der Waals surface area (Å²) in [4.78, 5) is 20.1. The van der Waals surface area contributed by atoms with Gasteiger partial charge in [-0.15, -0.1) is 23.7 Å². The Morgan fingerprint density at radius 2 is 2.35 bits per heavy atom. The third kappa shape index (κ3) is 4.26. The number of piperazine rings is 1. The second kappa shape index (κ2) is 8.15. The summed E-state index contributed by atoms with van der Waals surface area (Å²) < 4.78 is 2.76. The number of hydrogen-bond donors (Lipinski definition) is 1. The molecule has 1 amide bonds. The van der Waals surface area contributed by atoms with Crippen LogP contribution in [0.2, 0.25) is 4.34 Å². The predicted molar refractivity (Wildman–Crippen MR) is 95.4 cm³/mol. The van der Waals surface area contributed by atoms with Crippen LogP contribution in [0.15, 0.2) is 24.5 Å². The lowest BCUT2D eigenvalue weighted by Gasteiger charge is -2.35. The molecule has 2 aromatic heterocycles. The molecule has 0 radical (unpaired) electrons. The lowest BCUT2D eigenvalue weighted by molar-refractivity contribution is -0.134. The van der Waals surface area contributed by atoms with Gasteiger partial charge in [-0.25, -0.2) is 4.98 Å². The zero-order valence-corrected chi connectivity index (χ0v) is 15.3. The van der Waals surface area contributed by atoms with E-state index >= 15 is 0 Å². The third-order valence-electron chi connectivity index (χ3n) is 3.93. The maximum Gasteiger partial charge on any atom is 0.223 e. The Bertz CT molecular complexity index is 657. The number of aromatic nitrogens is 2. The zero-order valence-electron chi connectivity index (χ0n) is 12.9. The average molecular weight is 375 g/mol. The van der Waals surface area contributed by atoms with Crippen LogP contribution >= 0.6 is 35.3 Å². The van der Waals surface area contributed by atoms with Crippen molar-refractivity contribution in [2.24, 2.45) is 7.05 Å². The Balaban J connectivity index is 0.00000192. The Hall–Kier alpha value is -1.08. The van der Waals surface area contributed by atoms with E-state index in [1.54, 1.807) is 17.5 Å². The van der Waals surface area contributed by atoms with Gasteiger partial charge in [0.1, 0.15) is 11.9 Å². The Morgan fingerprint density at radius 1 is 1.52 bits per heavy atom. The van der Waals surface area contributed by atoms with Gasteiger partial charge in [-0.05, 0) is 18.6 Å². The first-order valence-corrected chi connectivity index (χ1v) is 8.56. The van der Waals surface area contributed by atoms with E-state index < -0.39 is 0 Å². The van der Waals surface area contributed by atoms with Gasteiger partial charge >= 0.3 is 0 Å². The van der Waals surface area contributed by atoms with Crippen LogP contribution in [0.25, 0.3) is 0 Å². The highest BCUT2D eigenvalue weighted by Gasteiger charge is 2.30. The monoisotopic (exact) mass is 374 g/mol. The summed E-state index contributed by atoms with van der Waals surface area (Å²) >= 11 is 7.48. The molecule has 23 heavy (non-hydrogen) atoms. The molecule has 1 fully saturated rings. The number of carbonyl (C=O) groups excluding carboxylic acids is 1. The first kappa shape index (κ1) is 18.3. The lowest BCUT2D eigenvalue weighted by atomic mass is 10.1. The van der Waals surface area contributed by atoms with Crippen LogP contribution in [0.1, 0.15) is 23.2 Å². The molecule has 2 aromatic rings. The van der Waals surface area contributed by atoms with Gasteiger partial charge in [0.25, 0.3) is 0 Å². The zero-order chi connectivity index (χ0) is 15.5. The van der Waals surface area contributed by atoms with Crippen molar-refractivity contribution >= 4 is 41.3 Å². The van der Waals surface area contributed by atoms with Gasteiger partial charge in [-0.2, -0.15) is 0 Å². The average Bonchev–Trinajstić information content (AvgIpc) is 3.13. The fourth-order valence-electron chi connectivity index (χ4n) is 2.79. The van der Waals surface area contributed by atoms with E-state index in [9.17, 15) is 4.79 Å². The minimum absolute atomic E-state index is 0. The molecule has 1 N–H and O–H groups in total. The topological polar surface area (TPSA) is 50.2 Å². The fourth-order valence-corrected chi connectivity index (χ4v) is 3.88. The first-order valence-electron chi connectivity index (χ1n) is 7.37. The molecule has 3 heterocycles. The first-order chi connectivity index (χ1) is 10.6. The number of imidazole rings is 1. The van der Waals surface area contributed by atoms with Crippen molar-refractivity contribution in [3.05, 3.63) is 39.6 Å². The summed E-state index contributed by atoms with van der Waals surface area (Å²) in [6, 6.07) is 3.88. The van der Waals surface area contributed by atoms with Crippen LogP contribution in [-0.4, -0.2) is 40.0 Å². The van der Waals surface area contributed by atoms with Crippen LogP contribution < -0.4 is 5.32 Å². The van der Waals surface area contributed by atoms with Crippen molar-refractivity contribution in [2.45, 2.75) is 18.9 Å². The molecular weight excluding hydrogens is 355 g/mol. The smallest absolute Gasteiger partial charge is 0.223 e. The fraction of sp³-hybridized carbons (Fsp3) is 0.467. The number of hydrogen-bond acceptors (Lipinski definition) is 4. The number of carbonyl (C=O) groups is 1. The second-order valence-electron chi connectivity index (χ2n) is 5.41. The summed E-state index contributed by atoms with van der Waals surface area (Å²) in [6.45, 7) is 2.31. The van der Waals surface area contributed by atoms with Gasteiger partial charge in [0.2, 0.25) is 5.91 Å². The third-order valence-corrected chi connectivity index (χ3v) is 5.23. The Morgan fingerprint density at radius 3 is 3.00 bits per heavy atom. The predicted octanol–water partition coefficient (Wildman–Crippen LogP) is 2.66. The minimum atomic E-state index is 0. The minimum Gasteiger partial charge on any atom is -0.336 e. The molecule has 126 valence electrons. The van der Waals surface area contributed by atoms with Gasteiger partial charge in [0.05, 0.1) is 4.34 Å². The number of amides is 1. The highest BCUT2D eigenvalue weighted by Crippen LogP contribution is 2.25. The van der Waals surface area contributed by atoms with Crippen LogP contribution in [0.3, 0.4) is 0 Å². The highest BCUT2D eigenvalue weighted by molar-refractivity contribution is 7.16. The molecule has 1 unspecified atom stereocenters. The van der Waals surface area contributed by atoms with Crippen molar-refractivity contribution in [1.29, 1.82) is 0 Å². The standard InChI is InChI=1S/C15H19ClN4OS.ClH/c1-19-8-7-18-15(19)12-10-17-6-9-20(12)14(21)5-3-11-2-4-13(16)22-11;/h2,4,7-8,12,17H,3,5-6,9-10H2,1H3;1H. The maximum atomic E-state index is 12.6. The van der Waals surface area contributed by atoms with Crippen LogP contribution in [0.4, 0.5) is 0 Å². The summed E-state index contributed by atoms with van der Waals surface area (Å²) in [6.07, 6.45) is 4.95. The van der Waals surface area contributed by atoms with E-state index in [0.717, 1.165) is 41.1 Å². The number of aryl methyl sites for hydroxylation is 2. The molecule has 0 saturated carbocycles. The van der Waals surface area contributed by atoms with Crippen LogP contribution in [-0.2, 0) is 18.3 Å². The highest BCUT2D eigenvalue weighted by atomic mass is 35.5. The molecule has 0 aliphatic carbocycles. The van der Waals surface area contributed by atoms with Crippen molar-refractivity contribution in [3.8, 4) is 0 Å². The number of thiophene rings is 1. The molecule has 1 aliphatic heterocycles. The normalized spacial score (nSPS) is 17.8.